The first kappa shape index (κ1) is 27.0. The number of amides is 2. The maximum absolute atomic E-state index is 12.5. The van der Waals surface area contributed by atoms with Crippen LogP contribution >= 0.6 is 0 Å². The lowest BCUT2D eigenvalue weighted by Gasteiger charge is -2.31. The summed E-state index contributed by atoms with van der Waals surface area (Å²) < 4.78 is 10.2. The van der Waals surface area contributed by atoms with E-state index >= 15 is 0 Å². The van der Waals surface area contributed by atoms with Crippen molar-refractivity contribution in [2.24, 2.45) is 0 Å². The number of likely N-dealkylation sites (tertiary alicyclic amines) is 1. The zero-order valence-electron chi connectivity index (χ0n) is 20.5. The Morgan fingerprint density at radius 1 is 0.838 bits per heavy atom. The lowest BCUT2D eigenvalue weighted by atomic mass is 10.0. The van der Waals surface area contributed by atoms with Gasteiger partial charge in [-0.1, -0.05) is 24.3 Å². The van der Waals surface area contributed by atoms with Crippen molar-refractivity contribution in [3.05, 3.63) is 71.8 Å². The van der Waals surface area contributed by atoms with Gasteiger partial charge in [-0.05, 0) is 37.1 Å². The summed E-state index contributed by atoms with van der Waals surface area (Å²) in [6.07, 6.45) is 2.36. The molecule has 10 heteroatoms. The van der Waals surface area contributed by atoms with Gasteiger partial charge in [-0.3, -0.25) is 19.2 Å². The molecule has 0 saturated carbocycles. The number of aliphatic hydroxyl groups is 2. The van der Waals surface area contributed by atoms with E-state index in [-0.39, 0.29) is 30.6 Å². The number of piperidine rings is 1. The molecule has 1 fully saturated rings. The SMILES string of the molecule is COc1cccc(/C(O)=C/C(=O)C(=O)NC2CCN(C(=O)C(=O)/C=C(\O)c3cccc(OC)c3)CC2)c1. The first-order valence-corrected chi connectivity index (χ1v) is 11.5. The van der Waals surface area contributed by atoms with Gasteiger partial charge in [0.25, 0.3) is 11.8 Å². The van der Waals surface area contributed by atoms with Crippen molar-refractivity contribution in [1.29, 1.82) is 0 Å². The second kappa shape index (κ2) is 12.4. The van der Waals surface area contributed by atoms with Crippen LogP contribution in [0.5, 0.6) is 11.5 Å². The Bertz CT molecular complexity index is 1240. The summed E-state index contributed by atoms with van der Waals surface area (Å²) in [6, 6.07) is 12.5. The molecule has 0 atom stereocenters. The number of carbonyl (C=O) groups excluding carboxylic acids is 4. The van der Waals surface area contributed by atoms with E-state index in [1.54, 1.807) is 36.4 Å². The van der Waals surface area contributed by atoms with Gasteiger partial charge >= 0.3 is 0 Å². The monoisotopic (exact) mass is 508 g/mol. The first-order valence-electron chi connectivity index (χ1n) is 11.5. The van der Waals surface area contributed by atoms with Crippen molar-refractivity contribution < 1.29 is 38.9 Å². The van der Waals surface area contributed by atoms with E-state index in [2.05, 4.69) is 5.32 Å². The quantitative estimate of drug-likeness (QED) is 0.266. The molecular formula is C27H28N2O8. The number of ketones is 2. The molecule has 2 aromatic rings. The maximum Gasteiger partial charge on any atom is 0.294 e. The Morgan fingerprint density at radius 2 is 1.32 bits per heavy atom. The van der Waals surface area contributed by atoms with Gasteiger partial charge in [0.05, 0.1) is 14.2 Å². The third kappa shape index (κ3) is 7.20. The fourth-order valence-corrected chi connectivity index (χ4v) is 3.75. The summed E-state index contributed by atoms with van der Waals surface area (Å²) in [4.78, 5) is 50.8. The van der Waals surface area contributed by atoms with Crippen LogP contribution in [-0.2, 0) is 19.2 Å². The van der Waals surface area contributed by atoms with Crippen LogP contribution in [0.3, 0.4) is 0 Å². The Hall–Kier alpha value is -4.60. The number of nitrogens with zero attached hydrogens (tertiary/aromatic N) is 1. The van der Waals surface area contributed by atoms with E-state index in [0.29, 0.717) is 35.5 Å². The van der Waals surface area contributed by atoms with Crippen LogP contribution in [0.25, 0.3) is 11.5 Å². The molecule has 1 heterocycles. The Balaban J connectivity index is 1.52. The molecule has 2 amide bonds. The first-order chi connectivity index (χ1) is 17.7. The molecule has 3 rings (SSSR count). The van der Waals surface area contributed by atoms with E-state index in [1.807, 2.05) is 0 Å². The summed E-state index contributed by atoms with van der Waals surface area (Å²) in [6.45, 7) is 0.366. The topological polar surface area (TPSA) is 142 Å². The number of ether oxygens (including phenoxy) is 2. The number of methoxy groups -OCH3 is 2. The van der Waals surface area contributed by atoms with E-state index in [4.69, 9.17) is 9.47 Å². The number of hydrogen-bond acceptors (Lipinski definition) is 8. The van der Waals surface area contributed by atoms with Crippen LogP contribution < -0.4 is 14.8 Å². The summed E-state index contributed by atoms with van der Waals surface area (Å²) >= 11 is 0. The third-order valence-electron chi connectivity index (χ3n) is 5.82. The molecule has 0 spiro atoms. The van der Waals surface area contributed by atoms with Crippen LogP contribution in [-0.4, -0.2) is 71.8 Å². The summed E-state index contributed by atoms with van der Waals surface area (Å²) in [5.74, 6) is -3.22. The highest BCUT2D eigenvalue weighted by Crippen LogP contribution is 2.20. The molecule has 2 aromatic carbocycles. The number of aliphatic hydroxyl groups excluding tert-OH is 2. The smallest absolute Gasteiger partial charge is 0.294 e. The Labute approximate surface area is 213 Å². The zero-order chi connectivity index (χ0) is 26.9. The number of carbonyl (C=O) groups is 4. The van der Waals surface area contributed by atoms with E-state index < -0.39 is 23.4 Å². The molecule has 1 saturated heterocycles. The summed E-state index contributed by atoms with van der Waals surface area (Å²) in [5, 5.41) is 23.0. The fourth-order valence-electron chi connectivity index (χ4n) is 3.75. The Morgan fingerprint density at radius 3 is 1.81 bits per heavy atom. The third-order valence-corrected chi connectivity index (χ3v) is 5.82. The van der Waals surface area contributed by atoms with Crippen molar-refractivity contribution in [3.8, 4) is 11.5 Å². The second-order valence-corrected chi connectivity index (χ2v) is 8.29. The van der Waals surface area contributed by atoms with Gasteiger partial charge in [0.15, 0.2) is 0 Å². The minimum Gasteiger partial charge on any atom is -0.507 e. The molecule has 10 nitrogen and oxygen atoms in total. The summed E-state index contributed by atoms with van der Waals surface area (Å²) in [5.41, 5.74) is 0.654. The highest BCUT2D eigenvalue weighted by atomic mass is 16.5. The molecular weight excluding hydrogens is 480 g/mol. The van der Waals surface area contributed by atoms with E-state index in [0.717, 1.165) is 12.2 Å². The number of benzene rings is 2. The minimum atomic E-state index is -0.924. The Kier molecular flexibility index (Phi) is 9.04. The maximum atomic E-state index is 12.5. The number of hydrogen-bond donors (Lipinski definition) is 3. The van der Waals surface area contributed by atoms with E-state index in [9.17, 15) is 29.4 Å². The van der Waals surface area contributed by atoms with Crippen LogP contribution in [0.2, 0.25) is 0 Å². The summed E-state index contributed by atoms with van der Waals surface area (Å²) in [7, 11) is 2.94. The van der Waals surface area contributed by atoms with Gasteiger partial charge in [0.2, 0.25) is 11.6 Å². The standard InChI is InChI=1S/C27H28N2O8/c1-36-20-7-3-5-17(13-20)22(30)15-24(32)26(34)28-19-9-11-29(12-10-19)27(35)25(33)16-23(31)18-6-4-8-21(14-18)37-2/h3-8,13-16,19,30-31H,9-12H2,1-2H3,(H,28,34)/b22-15-,23-16-. The predicted octanol–water partition coefficient (Wildman–Crippen LogP) is 2.45. The molecule has 0 unspecified atom stereocenters. The zero-order valence-corrected chi connectivity index (χ0v) is 20.5. The minimum absolute atomic E-state index is 0.183. The molecule has 1 aliphatic heterocycles. The van der Waals surface area contributed by atoms with Gasteiger partial charge in [-0.15, -0.1) is 0 Å². The number of nitrogens with one attached hydrogen (secondary N) is 1. The average molecular weight is 509 g/mol. The molecule has 1 aliphatic rings. The lowest BCUT2D eigenvalue weighted by molar-refractivity contribution is -0.143. The molecule has 0 radical (unpaired) electrons. The highest BCUT2D eigenvalue weighted by Gasteiger charge is 2.28. The average Bonchev–Trinajstić information content (AvgIpc) is 2.92. The normalized spacial score (nSPS) is 14.6. The van der Waals surface area contributed by atoms with E-state index in [1.165, 1.54) is 31.3 Å². The van der Waals surface area contributed by atoms with Gasteiger partial charge in [0.1, 0.15) is 23.0 Å². The van der Waals surface area contributed by atoms with Gasteiger partial charge in [-0.2, -0.15) is 0 Å². The van der Waals surface area contributed by atoms with Gasteiger partial charge in [0, 0.05) is 42.4 Å². The van der Waals surface area contributed by atoms with Gasteiger partial charge < -0.3 is 29.9 Å². The molecule has 0 aliphatic carbocycles. The van der Waals surface area contributed by atoms with Crippen molar-refractivity contribution in [1.82, 2.24) is 10.2 Å². The molecule has 194 valence electrons. The van der Waals surface area contributed by atoms with Crippen molar-refractivity contribution in [3.63, 3.8) is 0 Å². The fraction of sp³-hybridized carbons (Fsp3) is 0.259. The van der Waals surface area contributed by atoms with Crippen molar-refractivity contribution in [2.75, 3.05) is 27.3 Å². The molecule has 3 N–H and O–H groups in total. The van der Waals surface area contributed by atoms with Gasteiger partial charge in [-0.25, -0.2) is 0 Å². The highest BCUT2D eigenvalue weighted by molar-refractivity contribution is 6.42. The number of rotatable bonds is 9. The lowest BCUT2D eigenvalue weighted by Crippen LogP contribution is -2.49. The van der Waals surface area contributed by atoms with Crippen LogP contribution in [0.15, 0.2) is 60.7 Å². The van der Waals surface area contributed by atoms with Crippen LogP contribution in [0.1, 0.15) is 24.0 Å². The van der Waals surface area contributed by atoms with Crippen molar-refractivity contribution >= 4 is 34.9 Å². The molecule has 37 heavy (non-hydrogen) atoms. The molecule has 0 aromatic heterocycles. The molecule has 0 bridgehead atoms. The van der Waals surface area contributed by atoms with Crippen LogP contribution in [0.4, 0.5) is 0 Å². The predicted molar refractivity (Wildman–Crippen MR) is 135 cm³/mol. The van der Waals surface area contributed by atoms with Crippen LogP contribution in [0, 0.1) is 0 Å². The van der Waals surface area contributed by atoms with Crippen molar-refractivity contribution in [2.45, 2.75) is 18.9 Å². The second-order valence-electron chi connectivity index (χ2n) is 8.29. The largest absolute Gasteiger partial charge is 0.507 e.